The highest BCUT2D eigenvalue weighted by Crippen LogP contribution is 2.28. The average Bonchev–Trinajstić information content (AvgIpc) is 3.11. The van der Waals surface area contributed by atoms with Crippen LogP contribution in [0.5, 0.6) is 5.75 Å². The molecule has 292 valence electrons. The number of rotatable bonds is 14. The van der Waals surface area contributed by atoms with Crippen molar-refractivity contribution in [1.82, 2.24) is 20.1 Å². The van der Waals surface area contributed by atoms with Gasteiger partial charge >= 0.3 is 12.1 Å². The minimum Gasteiger partial charge on any atom is -0.491 e. The van der Waals surface area contributed by atoms with Crippen molar-refractivity contribution in [1.29, 1.82) is 0 Å². The van der Waals surface area contributed by atoms with E-state index in [1.807, 2.05) is 71.9 Å². The number of aryl methyl sites for hydroxylation is 2. The zero-order valence-corrected chi connectivity index (χ0v) is 32.5. The number of halogens is 1. The van der Waals surface area contributed by atoms with Crippen LogP contribution in [0, 0.1) is 11.8 Å². The molecule has 2 aliphatic heterocycles. The largest absolute Gasteiger partial charge is 0.491 e. The highest BCUT2D eigenvalue weighted by Gasteiger charge is 2.33. The molecular formula is C41H59FN4O7. The fourth-order valence-electron chi connectivity index (χ4n) is 6.86. The number of aromatic nitrogens is 1. The third-order valence-corrected chi connectivity index (χ3v) is 9.51. The fraction of sp³-hybridized carbons (Fsp3) is 0.634. The van der Waals surface area contributed by atoms with E-state index < -0.39 is 35.8 Å². The first-order valence-electron chi connectivity index (χ1n) is 19.1. The van der Waals surface area contributed by atoms with E-state index in [1.54, 1.807) is 22.1 Å². The van der Waals surface area contributed by atoms with Crippen molar-refractivity contribution in [2.24, 2.45) is 11.8 Å². The molecule has 4 rings (SSSR count). The second kappa shape index (κ2) is 19.2. The van der Waals surface area contributed by atoms with Gasteiger partial charge in [0.1, 0.15) is 30.2 Å². The van der Waals surface area contributed by atoms with Crippen LogP contribution in [0.2, 0.25) is 0 Å². The first-order chi connectivity index (χ1) is 25.1. The van der Waals surface area contributed by atoms with Crippen LogP contribution < -0.4 is 10.1 Å². The summed E-state index contributed by atoms with van der Waals surface area (Å²) in [4.78, 5) is 61.0. The third kappa shape index (κ3) is 13.9. The predicted octanol–water partition coefficient (Wildman–Crippen LogP) is 6.77. The number of carbonyl (C=O) groups is 4. The quantitative estimate of drug-likeness (QED) is 0.211. The molecule has 0 aliphatic carbocycles. The number of nitrogens with zero attached hydrogens (tertiary/aromatic N) is 3. The molecule has 11 nitrogen and oxygen atoms in total. The number of carbonyl (C=O) groups excluding carboxylic acids is 4. The van der Waals surface area contributed by atoms with E-state index in [-0.39, 0.29) is 30.9 Å². The van der Waals surface area contributed by atoms with Crippen LogP contribution in [0.25, 0.3) is 0 Å². The second-order valence-corrected chi connectivity index (χ2v) is 16.2. The van der Waals surface area contributed by atoms with Crippen LogP contribution in [0.3, 0.4) is 0 Å². The van der Waals surface area contributed by atoms with E-state index in [1.165, 1.54) is 0 Å². The van der Waals surface area contributed by atoms with Gasteiger partial charge in [-0.25, -0.2) is 9.18 Å². The zero-order valence-electron chi connectivity index (χ0n) is 32.5. The van der Waals surface area contributed by atoms with Gasteiger partial charge in [-0.3, -0.25) is 19.4 Å². The van der Waals surface area contributed by atoms with Gasteiger partial charge in [0, 0.05) is 44.5 Å². The van der Waals surface area contributed by atoms with Gasteiger partial charge in [-0.2, -0.15) is 0 Å². The summed E-state index contributed by atoms with van der Waals surface area (Å²) in [7, 11) is 0. The van der Waals surface area contributed by atoms with Gasteiger partial charge in [-0.15, -0.1) is 0 Å². The number of ether oxygens (including phenoxy) is 3. The number of hydrogen-bond donors (Lipinski definition) is 1. The molecule has 1 N–H and O–H groups in total. The first kappa shape index (κ1) is 41.5. The lowest BCUT2D eigenvalue weighted by molar-refractivity contribution is -0.155. The Balaban J connectivity index is 1.36. The Morgan fingerprint density at radius 3 is 2.26 bits per heavy atom. The molecule has 2 aliphatic rings. The van der Waals surface area contributed by atoms with Gasteiger partial charge in [0.15, 0.2) is 0 Å². The highest BCUT2D eigenvalue weighted by atomic mass is 19.1. The van der Waals surface area contributed by atoms with Crippen LogP contribution in [-0.2, 0) is 36.7 Å². The highest BCUT2D eigenvalue weighted by molar-refractivity contribution is 5.82. The summed E-state index contributed by atoms with van der Waals surface area (Å²) in [6.45, 7) is 12.6. The van der Waals surface area contributed by atoms with Gasteiger partial charge in [0.25, 0.3) is 0 Å². The standard InChI is InChI=1S/C41H59FN4O7/c1-40(2,3)52-37(48)27-35(33-10-7-22-43-34(33)17-13-29-11-15-32(16-12-29)51-26-21-42)44-38(49)31-9-8-23-46(28-31)36(47)18-14-30-19-24-45(25-20-30)39(50)53-41(4,5)6/h7,10-12,15-16,22,30-31,35H,8-9,13-14,17-21,23-28H2,1-6H3,(H,44,49)/t31-,35+/m1/s1. The van der Waals surface area contributed by atoms with Crippen molar-refractivity contribution in [3.8, 4) is 5.75 Å². The molecular weight excluding hydrogens is 679 g/mol. The van der Waals surface area contributed by atoms with Gasteiger partial charge in [0.2, 0.25) is 11.8 Å². The molecule has 2 saturated heterocycles. The average molecular weight is 739 g/mol. The molecule has 1 aromatic heterocycles. The van der Waals surface area contributed by atoms with E-state index in [9.17, 15) is 23.6 Å². The smallest absolute Gasteiger partial charge is 0.410 e. The number of likely N-dealkylation sites (tertiary alicyclic amines) is 2. The van der Waals surface area contributed by atoms with E-state index in [0.717, 1.165) is 36.1 Å². The molecule has 0 saturated carbocycles. The summed E-state index contributed by atoms with van der Waals surface area (Å²) in [5.74, 6) is -0.0544. The van der Waals surface area contributed by atoms with E-state index in [0.29, 0.717) is 70.0 Å². The van der Waals surface area contributed by atoms with Crippen LogP contribution in [-0.4, -0.2) is 89.3 Å². The Hall–Kier alpha value is -4.22. The van der Waals surface area contributed by atoms with Gasteiger partial charge in [-0.05, 0) is 122 Å². The number of nitrogens with one attached hydrogen (secondary N) is 1. The summed E-state index contributed by atoms with van der Waals surface area (Å²) in [5.41, 5.74) is 1.32. The summed E-state index contributed by atoms with van der Waals surface area (Å²) in [5, 5.41) is 3.15. The zero-order chi connectivity index (χ0) is 38.6. The van der Waals surface area contributed by atoms with Gasteiger partial charge in [0.05, 0.1) is 18.4 Å². The van der Waals surface area contributed by atoms with Crippen LogP contribution in [0.4, 0.5) is 9.18 Å². The number of piperidine rings is 2. The second-order valence-electron chi connectivity index (χ2n) is 16.2. The number of esters is 1. The molecule has 3 heterocycles. The Morgan fingerprint density at radius 1 is 0.906 bits per heavy atom. The Labute approximate surface area is 314 Å². The topological polar surface area (TPSA) is 127 Å². The van der Waals surface area contributed by atoms with Crippen LogP contribution in [0.1, 0.15) is 109 Å². The number of pyridine rings is 1. The van der Waals surface area contributed by atoms with Gasteiger partial charge in [-0.1, -0.05) is 18.2 Å². The molecule has 3 amide bonds. The maximum atomic E-state index is 13.9. The number of benzene rings is 1. The lowest BCUT2D eigenvalue weighted by Crippen LogP contribution is -2.46. The molecule has 12 heteroatoms. The lowest BCUT2D eigenvalue weighted by Gasteiger charge is -2.35. The Bertz CT molecular complexity index is 1510. The van der Waals surface area contributed by atoms with Crippen molar-refractivity contribution in [2.75, 3.05) is 39.5 Å². The number of hydrogen-bond acceptors (Lipinski definition) is 8. The number of amides is 3. The molecule has 0 bridgehead atoms. The summed E-state index contributed by atoms with van der Waals surface area (Å²) >= 11 is 0. The maximum Gasteiger partial charge on any atom is 0.410 e. The Morgan fingerprint density at radius 2 is 1.60 bits per heavy atom. The monoisotopic (exact) mass is 738 g/mol. The predicted molar refractivity (Wildman–Crippen MR) is 200 cm³/mol. The molecule has 2 aromatic rings. The van der Waals surface area contributed by atoms with Crippen LogP contribution >= 0.6 is 0 Å². The van der Waals surface area contributed by atoms with Crippen LogP contribution in [0.15, 0.2) is 42.6 Å². The van der Waals surface area contributed by atoms with E-state index >= 15 is 0 Å². The molecule has 53 heavy (non-hydrogen) atoms. The van der Waals surface area contributed by atoms with Crippen molar-refractivity contribution >= 4 is 23.9 Å². The van der Waals surface area contributed by atoms with E-state index in [4.69, 9.17) is 14.2 Å². The molecule has 0 spiro atoms. The molecule has 0 radical (unpaired) electrons. The van der Waals surface area contributed by atoms with Crippen molar-refractivity contribution in [2.45, 2.75) is 117 Å². The fourth-order valence-corrected chi connectivity index (χ4v) is 6.86. The minimum atomic E-state index is -0.692. The van der Waals surface area contributed by atoms with E-state index in [2.05, 4.69) is 10.3 Å². The molecule has 2 atom stereocenters. The normalized spacial score (nSPS) is 17.5. The maximum absolute atomic E-state index is 13.9. The van der Waals surface area contributed by atoms with Crippen molar-refractivity contribution in [3.63, 3.8) is 0 Å². The summed E-state index contributed by atoms with van der Waals surface area (Å²) in [6, 6.07) is 10.5. The van der Waals surface area contributed by atoms with Gasteiger partial charge < -0.3 is 29.3 Å². The van der Waals surface area contributed by atoms with Crippen molar-refractivity contribution < 1.29 is 37.8 Å². The Kier molecular flexibility index (Phi) is 15.1. The SMILES string of the molecule is CC(C)(C)OC(=O)C[C@H](NC(=O)[C@@H]1CCCN(C(=O)CCC2CCN(C(=O)OC(C)(C)C)CC2)C1)c1cccnc1CCc1ccc(OCCF)cc1. The first-order valence-corrected chi connectivity index (χ1v) is 19.1. The lowest BCUT2D eigenvalue weighted by atomic mass is 9.91. The summed E-state index contributed by atoms with van der Waals surface area (Å²) < 4.78 is 29.0. The van der Waals surface area contributed by atoms with Crippen molar-refractivity contribution in [3.05, 3.63) is 59.4 Å². The molecule has 2 fully saturated rings. The third-order valence-electron chi connectivity index (χ3n) is 9.51. The molecule has 1 aromatic carbocycles. The minimum absolute atomic E-state index is 0.00989. The number of alkyl halides is 1. The summed E-state index contributed by atoms with van der Waals surface area (Å²) in [6.07, 6.45) is 6.72. The molecule has 0 unspecified atom stereocenters.